The van der Waals surface area contributed by atoms with Gasteiger partial charge in [0.05, 0.1) is 5.01 Å². The van der Waals surface area contributed by atoms with Crippen molar-refractivity contribution in [3.05, 3.63) is 70.7 Å². The summed E-state index contributed by atoms with van der Waals surface area (Å²) in [4.78, 5) is 20.1. The lowest BCUT2D eigenvalue weighted by molar-refractivity contribution is 0.102. The smallest absolute Gasteiger partial charge is 0.275 e. The molecular formula is C26H31N3O2S. The van der Waals surface area contributed by atoms with Gasteiger partial charge in [0.1, 0.15) is 5.69 Å². The zero-order valence-corrected chi connectivity index (χ0v) is 19.2. The molecule has 0 spiro atoms. The van der Waals surface area contributed by atoms with Crippen LogP contribution in [0.25, 0.3) is 11.1 Å². The highest BCUT2D eigenvalue weighted by atomic mass is 32.1. The Kier molecular flexibility index (Phi) is 8.04. The normalized spacial score (nSPS) is 15.0. The molecule has 3 aromatic rings. The second-order valence-electron chi connectivity index (χ2n) is 8.34. The van der Waals surface area contributed by atoms with Gasteiger partial charge in [-0.15, -0.1) is 11.3 Å². The third kappa shape index (κ3) is 5.82. The van der Waals surface area contributed by atoms with Gasteiger partial charge in [-0.25, -0.2) is 4.98 Å². The number of thiazole rings is 1. The minimum atomic E-state index is -0.155. The lowest BCUT2D eigenvalue weighted by atomic mass is 9.97. The predicted molar refractivity (Wildman–Crippen MR) is 131 cm³/mol. The molecule has 5 nitrogen and oxygen atoms in total. The summed E-state index contributed by atoms with van der Waals surface area (Å²) >= 11 is 1.60. The Hall–Kier alpha value is -2.54. The van der Waals surface area contributed by atoms with Gasteiger partial charge in [0.2, 0.25) is 0 Å². The first-order chi connectivity index (χ1) is 15.7. The number of anilines is 1. The Morgan fingerprint density at radius 3 is 2.56 bits per heavy atom. The van der Waals surface area contributed by atoms with Gasteiger partial charge < -0.3 is 15.3 Å². The number of unbranched alkanes of at least 4 members (excludes halogenated alkanes) is 2. The molecule has 1 saturated heterocycles. The van der Waals surface area contributed by atoms with E-state index in [9.17, 15) is 4.79 Å². The van der Waals surface area contributed by atoms with Crippen LogP contribution in [0.5, 0.6) is 0 Å². The van der Waals surface area contributed by atoms with Gasteiger partial charge in [-0.05, 0) is 63.4 Å². The highest BCUT2D eigenvalue weighted by Gasteiger charge is 2.24. The van der Waals surface area contributed by atoms with E-state index in [0.717, 1.165) is 73.6 Å². The molecule has 0 unspecified atom stereocenters. The van der Waals surface area contributed by atoms with Gasteiger partial charge in [0, 0.05) is 29.2 Å². The minimum Gasteiger partial charge on any atom is -0.396 e. The monoisotopic (exact) mass is 449 g/mol. The maximum absolute atomic E-state index is 12.9. The number of aliphatic hydroxyl groups excluding tert-OH is 1. The molecule has 1 amide bonds. The molecule has 2 aromatic carbocycles. The van der Waals surface area contributed by atoms with E-state index in [0.29, 0.717) is 18.2 Å². The van der Waals surface area contributed by atoms with Crippen molar-refractivity contribution in [2.75, 3.05) is 31.6 Å². The van der Waals surface area contributed by atoms with Gasteiger partial charge >= 0.3 is 0 Å². The van der Waals surface area contributed by atoms with Crippen molar-refractivity contribution in [1.29, 1.82) is 0 Å². The van der Waals surface area contributed by atoms with Gasteiger partial charge in [-0.2, -0.15) is 0 Å². The van der Waals surface area contributed by atoms with Crippen molar-refractivity contribution in [3.8, 4) is 11.1 Å². The van der Waals surface area contributed by atoms with E-state index < -0.39 is 0 Å². The van der Waals surface area contributed by atoms with Crippen LogP contribution in [-0.4, -0.2) is 47.1 Å². The van der Waals surface area contributed by atoms with E-state index in [1.54, 1.807) is 11.3 Å². The van der Waals surface area contributed by atoms with Crippen molar-refractivity contribution in [3.63, 3.8) is 0 Å². The molecule has 1 aliphatic heterocycles. The summed E-state index contributed by atoms with van der Waals surface area (Å²) in [5, 5.41) is 14.9. The van der Waals surface area contributed by atoms with Gasteiger partial charge in [-0.1, -0.05) is 48.5 Å². The van der Waals surface area contributed by atoms with Crippen molar-refractivity contribution in [2.45, 2.75) is 38.0 Å². The number of aromatic nitrogens is 1. The highest BCUT2D eigenvalue weighted by molar-refractivity contribution is 7.10. The van der Waals surface area contributed by atoms with Crippen LogP contribution in [0.3, 0.4) is 0 Å². The lowest BCUT2D eigenvalue weighted by Crippen LogP contribution is -2.33. The third-order valence-corrected chi connectivity index (χ3v) is 7.09. The average Bonchev–Trinajstić information content (AvgIpc) is 3.34. The molecule has 0 saturated carbocycles. The van der Waals surface area contributed by atoms with E-state index in [4.69, 9.17) is 10.1 Å². The summed E-state index contributed by atoms with van der Waals surface area (Å²) in [6.45, 7) is 3.56. The fraction of sp³-hybridized carbons (Fsp3) is 0.385. The molecule has 2 N–H and O–H groups in total. The fourth-order valence-corrected chi connectivity index (χ4v) is 5.23. The molecule has 1 aliphatic rings. The summed E-state index contributed by atoms with van der Waals surface area (Å²) in [6.07, 6.45) is 5.32. The zero-order valence-electron chi connectivity index (χ0n) is 18.4. The number of hydrogen-bond donors (Lipinski definition) is 2. The van der Waals surface area contributed by atoms with Crippen molar-refractivity contribution in [1.82, 2.24) is 9.88 Å². The van der Waals surface area contributed by atoms with Crippen LogP contribution in [0.15, 0.2) is 60.0 Å². The lowest BCUT2D eigenvalue weighted by Gasteiger charge is -2.31. The van der Waals surface area contributed by atoms with Crippen LogP contribution in [0.4, 0.5) is 5.69 Å². The molecule has 2 heterocycles. The summed E-state index contributed by atoms with van der Waals surface area (Å²) in [5.74, 6) is 0.282. The maximum atomic E-state index is 12.9. The Balaban J connectivity index is 1.34. The SMILES string of the molecule is O=C(Nc1ccccc1-c1ccccc1)c1csc(C2CCN(CCCCCO)CC2)n1. The summed E-state index contributed by atoms with van der Waals surface area (Å²) in [7, 11) is 0. The maximum Gasteiger partial charge on any atom is 0.275 e. The Morgan fingerprint density at radius 2 is 1.78 bits per heavy atom. The van der Waals surface area contributed by atoms with Crippen LogP contribution in [0, 0.1) is 0 Å². The van der Waals surface area contributed by atoms with Gasteiger partial charge in [0.15, 0.2) is 0 Å². The Morgan fingerprint density at radius 1 is 1.03 bits per heavy atom. The standard InChI is InChI=1S/C26H31N3O2S/c30-18-8-2-7-15-29-16-13-21(14-17-29)26-28-24(19-32-26)25(31)27-23-12-6-5-11-22(23)20-9-3-1-4-10-20/h1,3-6,9-12,19,21,30H,2,7-8,13-18H2,(H,27,31). The number of aliphatic hydroxyl groups is 1. The Labute approximate surface area is 194 Å². The van der Waals surface area contributed by atoms with Crippen LogP contribution in [-0.2, 0) is 0 Å². The molecule has 0 bridgehead atoms. The molecule has 168 valence electrons. The van der Waals surface area contributed by atoms with Crippen molar-refractivity contribution < 1.29 is 9.90 Å². The first kappa shape index (κ1) is 22.6. The van der Waals surface area contributed by atoms with Crippen LogP contribution in [0.1, 0.15) is 53.5 Å². The molecular weight excluding hydrogens is 418 g/mol. The number of carbonyl (C=O) groups is 1. The number of amides is 1. The number of piperidine rings is 1. The summed E-state index contributed by atoms with van der Waals surface area (Å²) < 4.78 is 0. The number of hydrogen-bond acceptors (Lipinski definition) is 5. The molecule has 1 fully saturated rings. The Bertz CT molecular complexity index is 997. The van der Waals surface area contributed by atoms with E-state index in [1.165, 1.54) is 0 Å². The number of para-hydroxylation sites is 1. The molecule has 4 rings (SSSR count). The number of nitrogens with one attached hydrogen (secondary N) is 1. The fourth-order valence-electron chi connectivity index (χ4n) is 4.25. The number of rotatable bonds is 9. The van der Waals surface area contributed by atoms with E-state index in [2.05, 4.69) is 10.2 Å². The predicted octanol–water partition coefficient (Wildman–Crippen LogP) is 5.40. The molecule has 0 aliphatic carbocycles. The second kappa shape index (κ2) is 11.4. The zero-order chi connectivity index (χ0) is 22.2. The van der Waals surface area contributed by atoms with Gasteiger partial charge in [-0.3, -0.25) is 4.79 Å². The van der Waals surface area contributed by atoms with Crippen molar-refractivity contribution in [2.24, 2.45) is 0 Å². The number of likely N-dealkylation sites (tertiary alicyclic amines) is 1. The van der Waals surface area contributed by atoms with Crippen LogP contribution < -0.4 is 5.32 Å². The first-order valence-electron chi connectivity index (χ1n) is 11.5. The summed E-state index contributed by atoms with van der Waals surface area (Å²) in [6, 6.07) is 18.0. The number of nitrogens with zero attached hydrogens (tertiary/aromatic N) is 2. The van der Waals surface area contributed by atoms with Gasteiger partial charge in [0.25, 0.3) is 5.91 Å². The molecule has 1 aromatic heterocycles. The quantitative estimate of drug-likeness (QED) is 0.429. The first-order valence-corrected chi connectivity index (χ1v) is 12.4. The third-order valence-electron chi connectivity index (χ3n) is 6.08. The van der Waals surface area contributed by atoms with E-state index >= 15 is 0 Å². The van der Waals surface area contributed by atoms with Crippen LogP contribution >= 0.6 is 11.3 Å². The molecule has 32 heavy (non-hydrogen) atoms. The topological polar surface area (TPSA) is 65.5 Å². The van der Waals surface area contributed by atoms with Crippen molar-refractivity contribution >= 4 is 22.9 Å². The number of benzene rings is 2. The number of carbonyl (C=O) groups excluding carboxylic acids is 1. The minimum absolute atomic E-state index is 0.155. The van der Waals surface area contributed by atoms with E-state index in [1.807, 2.05) is 60.0 Å². The largest absolute Gasteiger partial charge is 0.396 e. The van der Waals surface area contributed by atoms with Crippen LogP contribution in [0.2, 0.25) is 0 Å². The summed E-state index contributed by atoms with van der Waals surface area (Å²) in [5.41, 5.74) is 3.38. The molecule has 0 atom stereocenters. The van der Waals surface area contributed by atoms with E-state index in [-0.39, 0.29) is 5.91 Å². The second-order valence-corrected chi connectivity index (χ2v) is 9.23. The molecule has 0 radical (unpaired) electrons. The molecule has 6 heteroatoms. The highest BCUT2D eigenvalue weighted by Crippen LogP contribution is 2.31. The average molecular weight is 450 g/mol.